The van der Waals surface area contributed by atoms with E-state index < -0.39 is 0 Å². The first-order valence-corrected chi connectivity index (χ1v) is 6.17. The topological polar surface area (TPSA) is 90.8 Å². The maximum atomic E-state index is 11.3. The van der Waals surface area contributed by atoms with E-state index in [2.05, 4.69) is 10.6 Å². The molecule has 6 nitrogen and oxygen atoms in total. The van der Waals surface area contributed by atoms with Crippen molar-refractivity contribution in [2.24, 2.45) is 0 Å². The number of nitrogens with one attached hydrogen (secondary N) is 2. The highest BCUT2D eigenvalue weighted by atomic mass is 16.5. The molecule has 0 saturated heterocycles. The molecule has 1 aliphatic rings. The van der Waals surface area contributed by atoms with Crippen molar-refractivity contribution in [2.75, 3.05) is 18.5 Å². The molecule has 104 valence electrons. The van der Waals surface area contributed by atoms with Gasteiger partial charge in [0.25, 0.3) is 5.91 Å². The van der Waals surface area contributed by atoms with E-state index in [9.17, 15) is 15.0 Å². The van der Waals surface area contributed by atoms with Crippen LogP contribution in [-0.2, 0) is 4.79 Å². The number of carbonyl (C=O) groups is 1. The molecule has 1 unspecified atom stereocenters. The molecule has 2 rings (SSSR count). The lowest BCUT2D eigenvalue weighted by Crippen LogP contribution is -2.32. The normalized spacial score (nSPS) is 15.7. The molecule has 6 heteroatoms. The highest BCUT2D eigenvalue weighted by Gasteiger charge is 2.25. The van der Waals surface area contributed by atoms with Crippen molar-refractivity contribution in [3.8, 4) is 11.5 Å². The van der Waals surface area contributed by atoms with Gasteiger partial charge in [-0.3, -0.25) is 4.79 Å². The van der Waals surface area contributed by atoms with E-state index in [1.807, 2.05) is 13.8 Å². The summed E-state index contributed by atoms with van der Waals surface area (Å²) >= 11 is 0. The Hall–Kier alpha value is -1.79. The molecule has 0 aliphatic carbocycles. The zero-order valence-corrected chi connectivity index (χ0v) is 10.9. The molecule has 1 atom stereocenters. The van der Waals surface area contributed by atoms with E-state index in [0.29, 0.717) is 17.0 Å². The predicted molar refractivity (Wildman–Crippen MR) is 70.3 cm³/mol. The zero-order chi connectivity index (χ0) is 14.0. The van der Waals surface area contributed by atoms with E-state index in [-0.39, 0.29) is 37.0 Å². The second-order valence-corrected chi connectivity index (χ2v) is 4.81. The maximum Gasteiger partial charge on any atom is 0.262 e. The number of ether oxygens (including phenoxy) is 1. The Morgan fingerprint density at radius 1 is 1.47 bits per heavy atom. The second kappa shape index (κ2) is 5.46. The summed E-state index contributed by atoms with van der Waals surface area (Å²) < 4.78 is 5.41. The number of hydrogen-bond acceptors (Lipinski definition) is 5. The van der Waals surface area contributed by atoms with Crippen LogP contribution in [0.5, 0.6) is 11.5 Å². The molecule has 0 radical (unpaired) electrons. The summed E-state index contributed by atoms with van der Waals surface area (Å²) in [6.45, 7) is 3.72. The Morgan fingerprint density at radius 3 is 2.84 bits per heavy atom. The third kappa shape index (κ3) is 2.97. The van der Waals surface area contributed by atoms with Crippen molar-refractivity contribution in [3.05, 3.63) is 17.7 Å². The standard InChI is InChI=1S/C13H18N2O4/c1-7(2)14-11(5-16)9-3-8(17)4-10-13(9)19-6-12(18)15-10/h3-4,7,11,14,16-17H,5-6H2,1-2H3,(H,15,18). The molecule has 1 aromatic carbocycles. The first-order valence-electron chi connectivity index (χ1n) is 6.17. The van der Waals surface area contributed by atoms with Gasteiger partial charge in [0.15, 0.2) is 6.61 Å². The number of amides is 1. The molecule has 0 saturated carbocycles. The summed E-state index contributed by atoms with van der Waals surface area (Å²) in [5.41, 5.74) is 1.06. The minimum Gasteiger partial charge on any atom is -0.508 e. The van der Waals surface area contributed by atoms with Gasteiger partial charge in [-0.2, -0.15) is 0 Å². The van der Waals surface area contributed by atoms with Crippen LogP contribution in [0.3, 0.4) is 0 Å². The van der Waals surface area contributed by atoms with E-state index >= 15 is 0 Å². The Labute approximate surface area is 111 Å². The lowest BCUT2D eigenvalue weighted by Gasteiger charge is -2.26. The average molecular weight is 266 g/mol. The van der Waals surface area contributed by atoms with Crippen LogP contribution >= 0.6 is 0 Å². The molecular formula is C13H18N2O4. The summed E-state index contributed by atoms with van der Waals surface area (Å²) in [4.78, 5) is 11.3. The quantitative estimate of drug-likeness (QED) is 0.646. The summed E-state index contributed by atoms with van der Waals surface area (Å²) in [7, 11) is 0. The fourth-order valence-corrected chi connectivity index (χ4v) is 2.12. The number of aliphatic hydroxyl groups excluding tert-OH is 1. The van der Waals surface area contributed by atoms with Gasteiger partial charge in [-0.25, -0.2) is 0 Å². The summed E-state index contributed by atoms with van der Waals surface area (Å²) in [6.07, 6.45) is 0. The van der Waals surface area contributed by atoms with Crippen LogP contribution in [-0.4, -0.2) is 35.4 Å². The Bertz CT molecular complexity index is 488. The molecule has 0 fully saturated rings. The second-order valence-electron chi connectivity index (χ2n) is 4.81. The molecule has 0 bridgehead atoms. The van der Waals surface area contributed by atoms with E-state index in [0.717, 1.165) is 0 Å². The van der Waals surface area contributed by atoms with Crippen LogP contribution < -0.4 is 15.4 Å². The van der Waals surface area contributed by atoms with Gasteiger partial charge in [-0.05, 0) is 6.07 Å². The van der Waals surface area contributed by atoms with Crippen LogP contribution in [0.2, 0.25) is 0 Å². The van der Waals surface area contributed by atoms with Crippen molar-refractivity contribution in [1.82, 2.24) is 5.32 Å². The molecule has 0 aromatic heterocycles. The van der Waals surface area contributed by atoms with Gasteiger partial charge < -0.3 is 25.6 Å². The number of hydrogen-bond donors (Lipinski definition) is 4. The van der Waals surface area contributed by atoms with Gasteiger partial charge in [-0.1, -0.05) is 13.8 Å². The van der Waals surface area contributed by atoms with Crippen molar-refractivity contribution in [2.45, 2.75) is 25.9 Å². The highest BCUT2D eigenvalue weighted by molar-refractivity contribution is 5.96. The number of benzene rings is 1. The fourth-order valence-electron chi connectivity index (χ4n) is 2.12. The van der Waals surface area contributed by atoms with Crippen LogP contribution in [0.4, 0.5) is 5.69 Å². The number of rotatable bonds is 4. The first kappa shape index (κ1) is 13.6. The minimum absolute atomic E-state index is 0.0172. The van der Waals surface area contributed by atoms with Gasteiger partial charge in [0.05, 0.1) is 18.3 Å². The predicted octanol–water partition coefficient (Wildman–Crippen LogP) is 0.754. The monoisotopic (exact) mass is 266 g/mol. The molecule has 19 heavy (non-hydrogen) atoms. The Kier molecular flexibility index (Phi) is 3.92. The molecular weight excluding hydrogens is 248 g/mol. The highest BCUT2D eigenvalue weighted by Crippen LogP contribution is 2.38. The molecule has 1 heterocycles. The summed E-state index contributed by atoms with van der Waals surface area (Å²) in [5.74, 6) is 0.245. The fraction of sp³-hybridized carbons (Fsp3) is 0.462. The largest absolute Gasteiger partial charge is 0.508 e. The van der Waals surface area contributed by atoms with Crippen molar-refractivity contribution >= 4 is 11.6 Å². The van der Waals surface area contributed by atoms with E-state index in [4.69, 9.17) is 4.74 Å². The van der Waals surface area contributed by atoms with Gasteiger partial charge in [0, 0.05) is 17.7 Å². The zero-order valence-electron chi connectivity index (χ0n) is 10.9. The number of phenolic OH excluding ortho intramolecular Hbond substituents is 1. The lowest BCUT2D eigenvalue weighted by atomic mass is 10.0. The van der Waals surface area contributed by atoms with Crippen LogP contribution in [0, 0.1) is 0 Å². The van der Waals surface area contributed by atoms with Gasteiger partial charge >= 0.3 is 0 Å². The number of fused-ring (bicyclic) bond motifs is 1. The van der Waals surface area contributed by atoms with Crippen LogP contribution in [0.25, 0.3) is 0 Å². The van der Waals surface area contributed by atoms with Crippen molar-refractivity contribution < 1.29 is 19.7 Å². The van der Waals surface area contributed by atoms with E-state index in [1.165, 1.54) is 12.1 Å². The van der Waals surface area contributed by atoms with Gasteiger partial charge in [-0.15, -0.1) is 0 Å². The van der Waals surface area contributed by atoms with Crippen LogP contribution in [0.15, 0.2) is 12.1 Å². The van der Waals surface area contributed by atoms with Crippen molar-refractivity contribution in [1.29, 1.82) is 0 Å². The van der Waals surface area contributed by atoms with Gasteiger partial charge in [0.1, 0.15) is 11.5 Å². The third-order valence-electron chi connectivity index (χ3n) is 2.82. The molecule has 1 amide bonds. The first-order chi connectivity index (χ1) is 9.01. The number of aliphatic hydroxyl groups is 1. The molecule has 4 N–H and O–H groups in total. The lowest BCUT2D eigenvalue weighted by molar-refractivity contribution is -0.118. The maximum absolute atomic E-state index is 11.3. The van der Waals surface area contributed by atoms with Crippen LogP contribution in [0.1, 0.15) is 25.5 Å². The number of aromatic hydroxyl groups is 1. The summed E-state index contributed by atoms with van der Waals surface area (Å²) in [6, 6.07) is 2.76. The molecule has 0 spiro atoms. The van der Waals surface area contributed by atoms with E-state index in [1.54, 1.807) is 0 Å². The van der Waals surface area contributed by atoms with Gasteiger partial charge in [0.2, 0.25) is 0 Å². The number of anilines is 1. The Balaban J connectivity index is 2.41. The number of phenols is 1. The molecule has 1 aliphatic heterocycles. The summed E-state index contributed by atoms with van der Waals surface area (Å²) in [5, 5.41) is 25.0. The SMILES string of the molecule is CC(C)NC(CO)c1cc(O)cc2c1OCC(=O)N2. The number of carbonyl (C=O) groups excluding carboxylic acids is 1. The average Bonchev–Trinajstić information content (AvgIpc) is 2.34. The third-order valence-corrected chi connectivity index (χ3v) is 2.82. The smallest absolute Gasteiger partial charge is 0.262 e. The molecule has 1 aromatic rings. The minimum atomic E-state index is -0.365. The van der Waals surface area contributed by atoms with Crippen molar-refractivity contribution in [3.63, 3.8) is 0 Å². The Morgan fingerprint density at radius 2 is 2.21 bits per heavy atom.